The van der Waals surface area contributed by atoms with Gasteiger partial charge in [-0.2, -0.15) is 0 Å². The molecule has 0 saturated carbocycles. The fourth-order valence-electron chi connectivity index (χ4n) is 1.79. The van der Waals surface area contributed by atoms with E-state index >= 15 is 0 Å². The molecule has 0 fully saturated rings. The molecule has 0 atom stereocenters. The normalized spacial score (nSPS) is 15.4. The van der Waals surface area contributed by atoms with E-state index in [4.69, 9.17) is 9.84 Å². The molecule has 1 aromatic rings. The lowest BCUT2D eigenvalue weighted by Gasteiger charge is -2.09. The topological polar surface area (TPSA) is 29.5 Å². The Kier molecular flexibility index (Phi) is 1.97. The van der Waals surface area contributed by atoms with Crippen molar-refractivity contribution in [3.8, 4) is 0 Å². The molecule has 2 rings (SSSR count). The molecule has 2 nitrogen and oxygen atoms in total. The lowest BCUT2D eigenvalue weighted by Crippen LogP contribution is -2.11. The summed E-state index contributed by atoms with van der Waals surface area (Å²) in [6.45, 7) is 3.31. The van der Waals surface area contributed by atoms with E-state index in [9.17, 15) is 0 Å². The first-order chi connectivity index (χ1) is 6.25. The van der Waals surface area contributed by atoms with Gasteiger partial charge >= 0.3 is 0 Å². The molecule has 2 heteroatoms. The summed E-state index contributed by atoms with van der Waals surface area (Å²) < 4.78 is 5.15. The van der Waals surface area contributed by atoms with Crippen LogP contribution in [0.15, 0.2) is 36.8 Å². The van der Waals surface area contributed by atoms with Crippen molar-refractivity contribution in [2.45, 2.75) is 18.9 Å². The third-order valence-corrected chi connectivity index (χ3v) is 2.32. The molecule has 0 aromatic heterocycles. The van der Waals surface area contributed by atoms with Crippen LogP contribution in [0.5, 0.6) is 0 Å². The zero-order valence-electron chi connectivity index (χ0n) is 7.36. The SMILES string of the molecule is C=C(O)OC1Cc2ccccc2C1. The van der Waals surface area contributed by atoms with Crippen LogP contribution in [-0.4, -0.2) is 11.2 Å². The molecule has 1 aliphatic rings. The smallest absolute Gasteiger partial charge is 0.269 e. The summed E-state index contributed by atoms with van der Waals surface area (Å²) in [4.78, 5) is 0. The van der Waals surface area contributed by atoms with Gasteiger partial charge in [0.25, 0.3) is 5.95 Å². The molecule has 13 heavy (non-hydrogen) atoms. The molecule has 1 N–H and O–H groups in total. The summed E-state index contributed by atoms with van der Waals surface area (Å²) in [5, 5.41) is 8.88. The molecule has 0 aliphatic heterocycles. The van der Waals surface area contributed by atoms with Crippen LogP contribution in [0.4, 0.5) is 0 Å². The zero-order chi connectivity index (χ0) is 9.26. The second-order valence-electron chi connectivity index (χ2n) is 3.31. The van der Waals surface area contributed by atoms with E-state index in [0.717, 1.165) is 12.8 Å². The minimum absolute atomic E-state index is 0.0647. The highest BCUT2D eigenvalue weighted by Gasteiger charge is 2.22. The molecule has 0 unspecified atom stereocenters. The fraction of sp³-hybridized carbons (Fsp3) is 0.273. The van der Waals surface area contributed by atoms with E-state index in [0.29, 0.717) is 0 Å². The number of rotatable bonds is 2. The molecule has 0 bridgehead atoms. The minimum atomic E-state index is -0.183. The Morgan fingerprint density at radius 3 is 2.31 bits per heavy atom. The van der Waals surface area contributed by atoms with Crippen LogP contribution in [0.25, 0.3) is 0 Å². The van der Waals surface area contributed by atoms with Gasteiger partial charge in [-0.15, -0.1) is 0 Å². The van der Waals surface area contributed by atoms with Crippen molar-refractivity contribution in [3.05, 3.63) is 47.9 Å². The molecule has 0 radical (unpaired) electrons. The zero-order valence-corrected chi connectivity index (χ0v) is 7.36. The average Bonchev–Trinajstić information content (AvgIpc) is 2.44. The molecular weight excluding hydrogens is 164 g/mol. The number of hydrogen-bond donors (Lipinski definition) is 1. The maximum atomic E-state index is 8.88. The summed E-state index contributed by atoms with van der Waals surface area (Å²) in [7, 11) is 0. The third-order valence-electron chi connectivity index (χ3n) is 2.32. The van der Waals surface area contributed by atoms with Crippen LogP contribution in [0.1, 0.15) is 11.1 Å². The van der Waals surface area contributed by atoms with E-state index in [-0.39, 0.29) is 12.0 Å². The fourth-order valence-corrected chi connectivity index (χ4v) is 1.79. The first-order valence-corrected chi connectivity index (χ1v) is 4.37. The van der Waals surface area contributed by atoms with Gasteiger partial charge < -0.3 is 9.84 Å². The number of benzene rings is 1. The van der Waals surface area contributed by atoms with E-state index in [2.05, 4.69) is 18.7 Å². The molecule has 0 spiro atoms. The number of aliphatic hydroxyl groups excluding tert-OH is 1. The molecule has 0 heterocycles. The Labute approximate surface area is 77.5 Å². The van der Waals surface area contributed by atoms with Gasteiger partial charge in [0, 0.05) is 12.8 Å². The highest BCUT2D eigenvalue weighted by molar-refractivity contribution is 5.32. The highest BCUT2D eigenvalue weighted by Crippen LogP contribution is 2.24. The second-order valence-corrected chi connectivity index (χ2v) is 3.31. The number of ether oxygens (including phenoxy) is 1. The molecule has 68 valence electrons. The van der Waals surface area contributed by atoms with Crippen molar-refractivity contribution in [1.82, 2.24) is 0 Å². The van der Waals surface area contributed by atoms with Crippen molar-refractivity contribution in [1.29, 1.82) is 0 Å². The number of fused-ring (bicyclic) bond motifs is 1. The Morgan fingerprint density at radius 1 is 1.31 bits per heavy atom. The molecule has 1 aromatic carbocycles. The maximum Gasteiger partial charge on any atom is 0.269 e. The van der Waals surface area contributed by atoms with Crippen molar-refractivity contribution in [2.75, 3.05) is 0 Å². The maximum absolute atomic E-state index is 8.88. The lowest BCUT2D eigenvalue weighted by molar-refractivity contribution is 0.0398. The largest absolute Gasteiger partial charge is 0.481 e. The van der Waals surface area contributed by atoms with Crippen LogP contribution < -0.4 is 0 Å². The first-order valence-electron chi connectivity index (χ1n) is 4.37. The van der Waals surface area contributed by atoms with Crippen LogP contribution >= 0.6 is 0 Å². The van der Waals surface area contributed by atoms with Gasteiger partial charge in [-0.3, -0.25) is 0 Å². The van der Waals surface area contributed by atoms with Gasteiger partial charge in [-0.1, -0.05) is 24.3 Å². The van der Waals surface area contributed by atoms with E-state index in [1.165, 1.54) is 11.1 Å². The van der Waals surface area contributed by atoms with Crippen LogP contribution in [-0.2, 0) is 17.6 Å². The Balaban J connectivity index is 2.09. The second kappa shape index (κ2) is 3.13. The molecular formula is C11H12O2. The van der Waals surface area contributed by atoms with E-state index < -0.39 is 0 Å². The minimum Gasteiger partial charge on any atom is -0.481 e. The van der Waals surface area contributed by atoms with Gasteiger partial charge in [0.1, 0.15) is 6.10 Å². The summed E-state index contributed by atoms with van der Waals surface area (Å²) >= 11 is 0. The standard InChI is InChI=1S/C11H12O2/c1-8(12)13-11-6-9-4-2-3-5-10(9)7-11/h2-5,11-12H,1,6-7H2. The van der Waals surface area contributed by atoms with Gasteiger partial charge in [0.2, 0.25) is 0 Å². The number of aliphatic hydroxyl groups is 1. The van der Waals surface area contributed by atoms with Crippen molar-refractivity contribution in [2.24, 2.45) is 0 Å². The predicted octanol–water partition coefficient (Wildman–Crippen LogP) is 2.20. The predicted molar refractivity (Wildman–Crippen MR) is 50.5 cm³/mol. The average molecular weight is 176 g/mol. The van der Waals surface area contributed by atoms with E-state index in [1.54, 1.807) is 0 Å². The van der Waals surface area contributed by atoms with Gasteiger partial charge in [-0.05, 0) is 17.7 Å². The Morgan fingerprint density at radius 2 is 1.85 bits per heavy atom. The highest BCUT2D eigenvalue weighted by atomic mass is 16.6. The third kappa shape index (κ3) is 1.66. The van der Waals surface area contributed by atoms with Crippen LogP contribution in [0.3, 0.4) is 0 Å². The summed E-state index contributed by atoms with van der Waals surface area (Å²) in [5.74, 6) is -0.183. The summed E-state index contributed by atoms with van der Waals surface area (Å²) in [6.07, 6.45) is 1.81. The van der Waals surface area contributed by atoms with Gasteiger partial charge in [0.05, 0.1) is 0 Å². The molecule has 0 saturated heterocycles. The molecule has 0 amide bonds. The summed E-state index contributed by atoms with van der Waals surface area (Å²) in [6, 6.07) is 8.24. The lowest BCUT2D eigenvalue weighted by atomic mass is 10.1. The van der Waals surface area contributed by atoms with Crippen molar-refractivity contribution < 1.29 is 9.84 Å². The quantitative estimate of drug-likeness (QED) is 0.700. The Bertz CT molecular complexity index is 306. The monoisotopic (exact) mass is 176 g/mol. The van der Waals surface area contributed by atoms with Gasteiger partial charge in [-0.25, -0.2) is 0 Å². The Hall–Kier alpha value is -1.44. The number of hydrogen-bond acceptors (Lipinski definition) is 2. The van der Waals surface area contributed by atoms with Crippen LogP contribution in [0.2, 0.25) is 0 Å². The summed E-state index contributed by atoms with van der Waals surface area (Å²) in [5.41, 5.74) is 2.63. The van der Waals surface area contributed by atoms with Crippen molar-refractivity contribution in [3.63, 3.8) is 0 Å². The first kappa shape index (κ1) is 8.17. The van der Waals surface area contributed by atoms with Gasteiger partial charge in [0.15, 0.2) is 0 Å². The van der Waals surface area contributed by atoms with Crippen molar-refractivity contribution >= 4 is 0 Å². The van der Waals surface area contributed by atoms with E-state index in [1.807, 2.05) is 12.1 Å². The van der Waals surface area contributed by atoms with Crippen LogP contribution in [0, 0.1) is 0 Å². The molecule has 1 aliphatic carbocycles.